The number of hydrogen-bond donors (Lipinski definition) is 1. The highest BCUT2D eigenvalue weighted by atomic mass is 15.0. The summed E-state index contributed by atoms with van der Waals surface area (Å²) < 4.78 is 0. The van der Waals surface area contributed by atoms with Crippen molar-refractivity contribution in [2.24, 2.45) is 5.41 Å². The minimum atomic E-state index is 0.301. The summed E-state index contributed by atoms with van der Waals surface area (Å²) in [5.74, 6) is 0. The van der Waals surface area contributed by atoms with Crippen LogP contribution in [-0.4, -0.2) is 6.04 Å². The van der Waals surface area contributed by atoms with E-state index in [4.69, 9.17) is 0 Å². The van der Waals surface area contributed by atoms with E-state index in [2.05, 4.69) is 70.3 Å². The van der Waals surface area contributed by atoms with Crippen molar-refractivity contribution >= 4 is 0 Å². The van der Waals surface area contributed by atoms with Gasteiger partial charge in [0, 0.05) is 12.1 Å². The first kappa shape index (κ1) is 18.2. The molecule has 120 valence electrons. The molecule has 0 heterocycles. The Bertz CT molecular complexity index is 363. The average Bonchev–Trinajstić information content (AvgIpc) is 2.45. The average molecular weight is 290 g/mol. The van der Waals surface area contributed by atoms with Crippen LogP contribution in [0.5, 0.6) is 0 Å². The zero-order valence-electron chi connectivity index (χ0n) is 14.8. The van der Waals surface area contributed by atoms with Crippen molar-refractivity contribution in [3.63, 3.8) is 0 Å². The molecule has 0 saturated heterocycles. The zero-order valence-corrected chi connectivity index (χ0v) is 14.8. The van der Waals surface area contributed by atoms with Crippen LogP contribution in [0.2, 0.25) is 0 Å². The van der Waals surface area contributed by atoms with Gasteiger partial charge >= 0.3 is 0 Å². The maximum atomic E-state index is 3.86. The molecule has 0 bridgehead atoms. The molecule has 1 heteroatoms. The number of hydrogen-bond acceptors (Lipinski definition) is 1. The SMILES string of the molecule is CCCCCCCC(N[C@H](C)C(C)(C)C)c1ccccc1. The fraction of sp³-hybridized carbons (Fsp3) is 0.700. The Hall–Kier alpha value is -0.820. The Balaban J connectivity index is 2.59. The fourth-order valence-corrected chi connectivity index (χ4v) is 2.54. The van der Waals surface area contributed by atoms with Gasteiger partial charge in [-0.15, -0.1) is 0 Å². The van der Waals surface area contributed by atoms with Gasteiger partial charge in [0.1, 0.15) is 0 Å². The van der Waals surface area contributed by atoms with Gasteiger partial charge in [-0.05, 0) is 24.3 Å². The normalized spacial score (nSPS) is 14.9. The first-order valence-electron chi connectivity index (χ1n) is 8.76. The predicted molar refractivity (Wildman–Crippen MR) is 94.6 cm³/mol. The number of benzene rings is 1. The van der Waals surface area contributed by atoms with Crippen molar-refractivity contribution in [1.82, 2.24) is 5.32 Å². The lowest BCUT2D eigenvalue weighted by Crippen LogP contribution is -2.40. The molecule has 1 aromatic rings. The lowest BCUT2D eigenvalue weighted by Gasteiger charge is -2.33. The Morgan fingerprint density at radius 3 is 2.14 bits per heavy atom. The monoisotopic (exact) mass is 289 g/mol. The van der Waals surface area contributed by atoms with E-state index in [1.54, 1.807) is 0 Å². The second-order valence-corrected chi connectivity index (χ2v) is 7.42. The highest BCUT2D eigenvalue weighted by Crippen LogP contribution is 2.26. The molecule has 0 aromatic heterocycles. The van der Waals surface area contributed by atoms with Gasteiger partial charge in [-0.1, -0.05) is 90.1 Å². The summed E-state index contributed by atoms with van der Waals surface area (Å²) in [7, 11) is 0. The van der Waals surface area contributed by atoms with E-state index >= 15 is 0 Å². The molecule has 0 radical (unpaired) electrons. The smallest absolute Gasteiger partial charge is 0.0322 e. The molecule has 0 aliphatic heterocycles. The quantitative estimate of drug-likeness (QED) is 0.541. The van der Waals surface area contributed by atoms with E-state index in [1.807, 2.05) is 0 Å². The van der Waals surface area contributed by atoms with Crippen LogP contribution in [0.4, 0.5) is 0 Å². The molecule has 1 nitrogen and oxygen atoms in total. The molecule has 0 amide bonds. The molecule has 0 fully saturated rings. The van der Waals surface area contributed by atoms with E-state index < -0.39 is 0 Å². The third-order valence-electron chi connectivity index (χ3n) is 4.55. The van der Waals surface area contributed by atoms with Crippen molar-refractivity contribution < 1.29 is 0 Å². The van der Waals surface area contributed by atoms with Gasteiger partial charge in [0.2, 0.25) is 0 Å². The van der Waals surface area contributed by atoms with Gasteiger partial charge < -0.3 is 5.32 Å². The molecule has 1 unspecified atom stereocenters. The fourth-order valence-electron chi connectivity index (χ4n) is 2.54. The summed E-state index contributed by atoms with van der Waals surface area (Å²) in [6.07, 6.45) is 8.01. The van der Waals surface area contributed by atoms with Gasteiger partial charge in [-0.25, -0.2) is 0 Å². The highest BCUT2D eigenvalue weighted by Gasteiger charge is 2.23. The minimum Gasteiger partial charge on any atom is -0.307 e. The van der Waals surface area contributed by atoms with Crippen molar-refractivity contribution in [3.8, 4) is 0 Å². The molecule has 1 rings (SSSR count). The summed E-state index contributed by atoms with van der Waals surface area (Å²) in [5, 5.41) is 3.86. The van der Waals surface area contributed by atoms with E-state index in [0.29, 0.717) is 17.5 Å². The predicted octanol–water partition coefficient (Wildman–Crippen LogP) is 6.11. The molecule has 21 heavy (non-hydrogen) atoms. The first-order chi connectivity index (χ1) is 9.95. The Morgan fingerprint density at radius 2 is 1.57 bits per heavy atom. The second-order valence-electron chi connectivity index (χ2n) is 7.42. The minimum absolute atomic E-state index is 0.301. The lowest BCUT2D eigenvalue weighted by molar-refractivity contribution is 0.256. The lowest BCUT2D eigenvalue weighted by atomic mass is 9.86. The summed E-state index contributed by atoms with van der Waals surface area (Å²) in [6.45, 7) is 11.5. The topological polar surface area (TPSA) is 12.0 Å². The molecular weight excluding hydrogens is 254 g/mol. The molecule has 1 aromatic carbocycles. The van der Waals surface area contributed by atoms with Crippen LogP contribution in [0, 0.1) is 5.41 Å². The molecule has 0 saturated carbocycles. The highest BCUT2D eigenvalue weighted by molar-refractivity contribution is 5.19. The standard InChI is InChI=1S/C20H35N/c1-6-7-8-9-13-16-19(18-14-11-10-12-15-18)21-17(2)20(3,4)5/h10-12,14-15,17,19,21H,6-9,13,16H2,1-5H3/t17-,19?/m1/s1. The maximum absolute atomic E-state index is 3.86. The summed E-state index contributed by atoms with van der Waals surface area (Å²) >= 11 is 0. The maximum Gasteiger partial charge on any atom is 0.0322 e. The van der Waals surface area contributed by atoms with Crippen LogP contribution in [0.15, 0.2) is 30.3 Å². The summed E-state index contributed by atoms with van der Waals surface area (Å²) in [4.78, 5) is 0. The van der Waals surface area contributed by atoms with E-state index in [1.165, 1.54) is 44.1 Å². The molecule has 0 aliphatic carbocycles. The van der Waals surface area contributed by atoms with E-state index in [-0.39, 0.29) is 0 Å². The van der Waals surface area contributed by atoms with Crippen LogP contribution in [0.25, 0.3) is 0 Å². The number of unbranched alkanes of at least 4 members (excludes halogenated alkanes) is 4. The molecule has 0 spiro atoms. The van der Waals surface area contributed by atoms with Crippen molar-refractivity contribution in [2.75, 3.05) is 0 Å². The van der Waals surface area contributed by atoms with Crippen LogP contribution in [0.3, 0.4) is 0 Å². The summed E-state index contributed by atoms with van der Waals surface area (Å²) in [6, 6.07) is 11.9. The van der Waals surface area contributed by atoms with Crippen LogP contribution >= 0.6 is 0 Å². The van der Waals surface area contributed by atoms with Crippen LogP contribution in [-0.2, 0) is 0 Å². The Morgan fingerprint density at radius 1 is 0.952 bits per heavy atom. The number of nitrogens with one attached hydrogen (secondary N) is 1. The second kappa shape index (κ2) is 9.25. The number of rotatable bonds is 9. The Labute approximate surface area is 132 Å². The van der Waals surface area contributed by atoms with E-state index in [0.717, 1.165) is 0 Å². The van der Waals surface area contributed by atoms with Gasteiger partial charge in [-0.2, -0.15) is 0 Å². The van der Waals surface area contributed by atoms with Crippen LogP contribution in [0.1, 0.15) is 84.7 Å². The molecular formula is C20H35N. The third kappa shape index (κ3) is 7.13. The van der Waals surface area contributed by atoms with Crippen molar-refractivity contribution in [1.29, 1.82) is 0 Å². The van der Waals surface area contributed by atoms with Gasteiger partial charge in [0.25, 0.3) is 0 Å². The van der Waals surface area contributed by atoms with Gasteiger partial charge in [0.05, 0.1) is 0 Å². The van der Waals surface area contributed by atoms with Gasteiger partial charge in [-0.3, -0.25) is 0 Å². The van der Waals surface area contributed by atoms with Crippen LogP contribution < -0.4 is 5.32 Å². The third-order valence-corrected chi connectivity index (χ3v) is 4.55. The first-order valence-corrected chi connectivity index (χ1v) is 8.76. The molecule has 1 N–H and O–H groups in total. The van der Waals surface area contributed by atoms with Gasteiger partial charge in [0.15, 0.2) is 0 Å². The van der Waals surface area contributed by atoms with Crippen molar-refractivity contribution in [2.45, 2.75) is 85.2 Å². The summed E-state index contributed by atoms with van der Waals surface area (Å²) in [5.41, 5.74) is 1.74. The Kier molecular flexibility index (Phi) is 8.03. The molecule has 0 aliphatic rings. The molecule has 2 atom stereocenters. The zero-order chi connectivity index (χ0) is 15.7. The van der Waals surface area contributed by atoms with E-state index in [9.17, 15) is 0 Å². The largest absolute Gasteiger partial charge is 0.307 e. The van der Waals surface area contributed by atoms with Crippen molar-refractivity contribution in [3.05, 3.63) is 35.9 Å².